The third-order valence-electron chi connectivity index (χ3n) is 3.60. The lowest BCUT2D eigenvalue weighted by Gasteiger charge is -2.28. The third kappa shape index (κ3) is 3.16. The molecule has 0 saturated carbocycles. The van der Waals surface area contributed by atoms with Crippen LogP contribution in [0.4, 0.5) is 5.69 Å². The van der Waals surface area contributed by atoms with Gasteiger partial charge in [0.2, 0.25) is 0 Å². The summed E-state index contributed by atoms with van der Waals surface area (Å²) in [7, 11) is 0. The molecule has 0 fully saturated rings. The van der Waals surface area contributed by atoms with Gasteiger partial charge >= 0.3 is 0 Å². The van der Waals surface area contributed by atoms with Gasteiger partial charge < -0.3 is 5.11 Å². The second-order valence-corrected chi connectivity index (χ2v) is 6.04. The number of aryl methyl sites for hydroxylation is 1. The van der Waals surface area contributed by atoms with Gasteiger partial charge in [0, 0.05) is 19.1 Å². The number of hydrogen-bond acceptors (Lipinski definition) is 3. The molecular formula is C17H21NO2. The molecule has 1 aromatic rings. The van der Waals surface area contributed by atoms with Crippen molar-refractivity contribution < 1.29 is 9.90 Å². The topological polar surface area (TPSA) is 49.7 Å². The van der Waals surface area contributed by atoms with E-state index in [4.69, 9.17) is 0 Å². The van der Waals surface area contributed by atoms with E-state index in [2.05, 4.69) is 11.9 Å². The Hall–Kier alpha value is -1.90. The molecule has 0 aliphatic heterocycles. The molecule has 106 valence electrons. The first kappa shape index (κ1) is 14.5. The van der Waals surface area contributed by atoms with Crippen LogP contribution in [-0.4, -0.2) is 17.1 Å². The van der Waals surface area contributed by atoms with Gasteiger partial charge in [0.15, 0.2) is 5.78 Å². The molecule has 2 rings (SSSR count). The van der Waals surface area contributed by atoms with Crippen LogP contribution in [0.2, 0.25) is 0 Å². The summed E-state index contributed by atoms with van der Waals surface area (Å²) in [5, 5.41) is 10.0. The minimum atomic E-state index is -0.167. The Morgan fingerprint density at radius 2 is 2.00 bits per heavy atom. The van der Waals surface area contributed by atoms with Crippen molar-refractivity contribution in [2.45, 2.75) is 40.0 Å². The number of aliphatic imine (C=N–C) groups is 1. The smallest absolute Gasteiger partial charge is 0.168 e. The Morgan fingerprint density at radius 3 is 2.65 bits per heavy atom. The van der Waals surface area contributed by atoms with E-state index < -0.39 is 0 Å². The van der Waals surface area contributed by atoms with Crippen molar-refractivity contribution in [3.05, 3.63) is 41.2 Å². The molecule has 3 nitrogen and oxygen atoms in total. The molecule has 0 bridgehead atoms. The maximum Gasteiger partial charge on any atom is 0.168 e. The molecule has 0 heterocycles. The summed E-state index contributed by atoms with van der Waals surface area (Å²) in [6, 6.07) is 7.84. The van der Waals surface area contributed by atoms with Crippen molar-refractivity contribution >= 4 is 17.7 Å². The molecule has 0 spiro atoms. The van der Waals surface area contributed by atoms with Crippen molar-refractivity contribution in [2.24, 2.45) is 10.4 Å². The average molecular weight is 271 g/mol. The fourth-order valence-corrected chi connectivity index (χ4v) is 2.52. The van der Waals surface area contributed by atoms with Gasteiger partial charge in [-0.1, -0.05) is 39.0 Å². The number of allylic oxidation sites excluding steroid dienone is 2. The van der Waals surface area contributed by atoms with Gasteiger partial charge in [-0.05, 0) is 23.5 Å². The molecular weight excluding hydrogens is 250 g/mol. The number of aliphatic hydroxyl groups is 1. The Labute approximate surface area is 120 Å². The fourth-order valence-electron chi connectivity index (χ4n) is 2.52. The number of para-hydroxylation sites is 1. The predicted octanol–water partition coefficient (Wildman–Crippen LogP) is 4.15. The van der Waals surface area contributed by atoms with E-state index in [9.17, 15) is 9.90 Å². The molecule has 1 aliphatic rings. The van der Waals surface area contributed by atoms with Crippen LogP contribution in [0.1, 0.15) is 39.2 Å². The maximum atomic E-state index is 12.1. The highest BCUT2D eigenvalue weighted by molar-refractivity contribution is 6.14. The second kappa shape index (κ2) is 5.61. The highest BCUT2D eigenvalue weighted by Crippen LogP contribution is 2.35. The quantitative estimate of drug-likeness (QED) is 0.839. The summed E-state index contributed by atoms with van der Waals surface area (Å²) in [5.41, 5.74) is 2.18. The molecule has 3 heteroatoms. The SMILES string of the molecule is CCc1ccccc1N=CC1=C(O)CC(C)(C)CC1=O. The highest BCUT2D eigenvalue weighted by atomic mass is 16.3. The van der Waals surface area contributed by atoms with Crippen LogP contribution in [0.25, 0.3) is 0 Å². The molecule has 0 radical (unpaired) electrons. The largest absolute Gasteiger partial charge is 0.511 e. The summed E-state index contributed by atoms with van der Waals surface area (Å²) < 4.78 is 0. The van der Waals surface area contributed by atoms with E-state index in [-0.39, 0.29) is 17.0 Å². The first-order valence-corrected chi connectivity index (χ1v) is 7.00. The van der Waals surface area contributed by atoms with Crippen LogP contribution >= 0.6 is 0 Å². The third-order valence-corrected chi connectivity index (χ3v) is 3.60. The molecule has 0 aromatic heterocycles. The summed E-state index contributed by atoms with van der Waals surface area (Å²) in [4.78, 5) is 16.5. The monoisotopic (exact) mass is 271 g/mol. The van der Waals surface area contributed by atoms with Crippen LogP contribution in [0.15, 0.2) is 40.6 Å². The van der Waals surface area contributed by atoms with Crippen molar-refractivity contribution in [1.29, 1.82) is 0 Å². The normalized spacial score (nSPS) is 18.9. The first-order chi connectivity index (χ1) is 9.43. The lowest BCUT2D eigenvalue weighted by atomic mass is 9.77. The van der Waals surface area contributed by atoms with E-state index in [0.29, 0.717) is 18.4 Å². The minimum Gasteiger partial charge on any atom is -0.511 e. The van der Waals surface area contributed by atoms with E-state index >= 15 is 0 Å². The molecule has 0 unspecified atom stereocenters. The van der Waals surface area contributed by atoms with Gasteiger partial charge in [0.05, 0.1) is 11.3 Å². The van der Waals surface area contributed by atoms with Gasteiger partial charge in [-0.3, -0.25) is 9.79 Å². The Morgan fingerprint density at radius 1 is 1.30 bits per heavy atom. The zero-order valence-corrected chi connectivity index (χ0v) is 12.3. The van der Waals surface area contributed by atoms with Crippen molar-refractivity contribution in [3.8, 4) is 0 Å². The summed E-state index contributed by atoms with van der Waals surface area (Å²) in [6.07, 6.45) is 3.38. The second-order valence-electron chi connectivity index (χ2n) is 6.04. The number of carbonyl (C=O) groups excluding carboxylic acids is 1. The number of hydrogen-bond donors (Lipinski definition) is 1. The Bertz CT molecular complexity index is 582. The maximum absolute atomic E-state index is 12.1. The molecule has 1 aliphatic carbocycles. The predicted molar refractivity (Wildman–Crippen MR) is 81.6 cm³/mol. The number of Topliss-reactive ketones (excluding diaryl/α,β-unsaturated/α-hetero) is 1. The number of nitrogens with zero attached hydrogens (tertiary/aromatic N) is 1. The summed E-state index contributed by atoms with van der Waals surface area (Å²) in [6.45, 7) is 6.04. The van der Waals surface area contributed by atoms with E-state index in [1.54, 1.807) is 0 Å². The summed E-state index contributed by atoms with van der Waals surface area (Å²) in [5.74, 6) is 0.125. The van der Waals surface area contributed by atoms with Crippen molar-refractivity contribution in [2.75, 3.05) is 0 Å². The first-order valence-electron chi connectivity index (χ1n) is 7.00. The van der Waals surface area contributed by atoms with E-state index in [1.165, 1.54) is 6.21 Å². The summed E-state index contributed by atoms with van der Waals surface area (Å²) >= 11 is 0. The Kier molecular flexibility index (Phi) is 4.07. The molecule has 1 N–H and O–H groups in total. The standard InChI is InChI=1S/C17H21NO2/c1-4-12-7-5-6-8-14(12)18-11-13-15(19)9-17(2,3)10-16(13)20/h5-8,11,19H,4,9-10H2,1-3H3. The van der Waals surface area contributed by atoms with Crippen molar-refractivity contribution in [3.63, 3.8) is 0 Å². The van der Waals surface area contributed by atoms with Crippen LogP contribution < -0.4 is 0 Å². The average Bonchev–Trinajstić information content (AvgIpc) is 2.36. The van der Waals surface area contributed by atoms with Gasteiger partial charge in [0.25, 0.3) is 0 Å². The minimum absolute atomic E-state index is 0.0310. The zero-order valence-electron chi connectivity index (χ0n) is 12.3. The van der Waals surface area contributed by atoms with Crippen LogP contribution in [0.5, 0.6) is 0 Å². The van der Waals surface area contributed by atoms with Crippen molar-refractivity contribution in [1.82, 2.24) is 0 Å². The fraction of sp³-hybridized carbons (Fsp3) is 0.412. The van der Waals surface area contributed by atoms with Crippen LogP contribution in [-0.2, 0) is 11.2 Å². The van der Waals surface area contributed by atoms with Gasteiger partial charge in [0.1, 0.15) is 5.76 Å². The highest BCUT2D eigenvalue weighted by Gasteiger charge is 2.32. The van der Waals surface area contributed by atoms with Gasteiger partial charge in [-0.15, -0.1) is 0 Å². The number of aliphatic hydroxyl groups excluding tert-OH is 1. The van der Waals surface area contributed by atoms with Gasteiger partial charge in [-0.2, -0.15) is 0 Å². The molecule has 20 heavy (non-hydrogen) atoms. The molecule has 0 amide bonds. The Balaban J connectivity index is 2.29. The van der Waals surface area contributed by atoms with Crippen LogP contribution in [0, 0.1) is 5.41 Å². The van der Waals surface area contributed by atoms with E-state index in [0.717, 1.165) is 17.7 Å². The number of rotatable bonds is 3. The molecule has 1 aromatic carbocycles. The lowest BCUT2D eigenvalue weighted by Crippen LogP contribution is -2.26. The van der Waals surface area contributed by atoms with E-state index in [1.807, 2.05) is 38.1 Å². The number of carbonyl (C=O) groups is 1. The zero-order chi connectivity index (χ0) is 14.8. The number of benzene rings is 1. The number of ketones is 1. The van der Waals surface area contributed by atoms with Gasteiger partial charge in [-0.25, -0.2) is 0 Å². The molecule has 0 atom stereocenters. The molecule has 0 saturated heterocycles. The lowest BCUT2D eigenvalue weighted by molar-refractivity contribution is -0.117. The van der Waals surface area contributed by atoms with Crippen LogP contribution in [0.3, 0.4) is 0 Å².